The molecule has 1 saturated heterocycles. The van der Waals surface area contributed by atoms with E-state index in [1.165, 1.54) is 0 Å². The summed E-state index contributed by atoms with van der Waals surface area (Å²) in [7, 11) is 0. The van der Waals surface area contributed by atoms with Crippen molar-refractivity contribution in [2.45, 2.75) is 26.4 Å². The third kappa shape index (κ3) is 4.19. The Kier molecular flexibility index (Phi) is 6.02. The van der Waals surface area contributed by atoms with Crippen LogP contribution in [-0.4, -0.2) is 54.8 Å². The fourth-order valence-electron chi connectivity index (χ4n) is 2.50. The molecule has 5 nitrogen and oxygen atoms in total. The van der Waals surface area contributed by atoms with Crippen LogP contribution in [0.1, 0.15) is 25.8 Å². The third-order valence-corrected chi connectivity index (χ3v) is 3.75. The number of benzene rings is 1. The van der Waals surface area contributed by atoms with Gasteiger partial charge in [0.2, 0.25) is 0 Å². The molecule has 0 aliphatic carbocycles. The minimum Gasteiger partial charge on any atom is -0.490 e. The molecule has 116 valence electrons. The summed E-state index contributed by atoms with van der Waals surface area (Å²) >= 11 is 0. The van der Waals surface area contributed by atoms with Crippen LogP contribution in [0.3, 0.4) is 0 Å². The van der Waals surface area contributed by atoms with Crippen molar-refractivity contribution in [1.29, 1.82) is 0 Å². The number of morpholine rings is 1. The molecule has 0 spiro atoms. The van der Waals surface area contributed by atoms with Crippen molar-refractivity contribution >= 4 is 5.71 Å². The Hall–Kier alpha value is -1.59. The largest absolute Gasteiger partial charge is 0.490 e. The van der Waals surface area contributed by atoms with Gasteiger partial charge in [0.15, 0.2) is 0 Å². The van der Waals surface area contributed by atoms with Crippen LogP contribution in [0.25, 0.3) is 0 Å². The van der Waals surface area contributed by atoms with Gasteiger partial charge < -0.3 is 14.7 Å². The van der Waals surface area contributed by atoms with E-state index in [1.54, 1.807) is 0 Å². The number of hydrogen-bond acceptors (Lipinski definition) is 5. The summed E-state index contributed by atoms with van der Waals surface area (Å²) in [4.78, 5) is 2.36. The third-order valence-electron chi connectivity index (χ3n) is 3.75. The summed E-state index contributed by atoms with van der Waals surface area (Å²) in [6.07, 6.45) is 0.739. The van der Waals surface area contributed by atoms with Crippen LogP contribution >= 0.6 is 0 Å². The van der Waals surface area contributed by atoms with Gasteiger partial charge in [-0.25, -0.2) is 0 Å². The van der Waals surface area contributed by atoms with Crippen LogP contribution in [0.15, 0.2) is 29.4 Å². The summed E-state index contributed by atoms with van der Waals surface area (Å²) < 4.78 is 11.6. The highest BCUT2D eigenvalue weighted by molar-refractivity contribution is 6.02. The van der Waals surface area contributed by atoms with Gasteiger partial charge in [0.25, 0.3) is 0 Å². The maximum absolute atomic E-state index is 9.09. The topological polar surface area (TPSA) is 54.3 Å². The van der Waals surface area contributed by atoms with Crippen LogP contribution in [0.4, 0.5) is 0 Å². The predicted molar refractivity (Wildman–Crippen MR) is 82.4 cm³/mol. The second kappa shape index (κ2) is 8.00. The van der Waals surface area contributed by atoms with Crippen LogP contribution < -0.4 is 4.74 Å². The number of rotatable bonds is 6. The lowest BCUT2D eigenvalue weighted by Gasteiger charge is -2.32. The van der Waals surface area contributed by atoms with Crippen molar-refractivity contribution in [3.05, 3.63) is 29.8 Å². The molecule has 5 heteroatoms. The maximum atomic E-state index is 9.09. The molecule has 0 aromatic heterocycles. The summed E-state index contributed by atoms with van der Waals surface area (Å²) in [6.45, 7) is 8.29. The van der Waals surface area contributed by atoms with Crippen molar-refractivity contribution in [3.8, 4) is 5.75 Å². The van der Waals surface area contributed by atoms with E-state index >= 15 is 0 Å². The first kappa shape index (κ1) is 15.8. The smallest absolute Gasteiger partial charge is 0.128 e. The van der Waals surface area contributed by atoms with Gasteiger partial charge in [-0.05, 0) is 25.1 Å². The van der Waals surface area contributed by atoms with E-state index in [1.807, 2.05) is 31.2 Å². The van der Waals surface area contributed by atoms with Gasteiger partial charge in [-0.15, -0.1) is 0 Å². The molecule has 1 unspecified atom stereocenters. The van der Waals surface area contributed by atoms with Crippen molar-refractivity contribution in [2.75, 3.05) is 32.8 Å². The molecule has 1 aromatic carbocycles. The average Bonchev–Trinajstić information content (AvgIpc) is 2.55. The zero-order chi connectivity index (χ0) is 15.1. The van der Waals surface area contributed by atoms with Crippen molar-refractivity contribution in [3.63, 3.8) is 0 Å². The van der Waals surface area contributed by atoms with Crippen LogP contribution in [0.5, 0.6) is 5.75 Å². The van der Waals surface area contributed by atoms with Gasteiger partial charge in [-0.1, -0.05) is 31.1 Å². The zero-order valence-electron chi connectivity index (χ0n) is 12.8. The van der Waals surface area contributed by atoms with Crippen molar-refractivity contribution < 1.29 is 14.7 Å². The summed E-state index contributed by atoms with van der Waals surface area (Å²) in [5, 5.41) is 12.4. The Morgan fingerprint density at radius 3 is 2.95 bits per heavy atom. The second-order valence-electron chi connectivity index (χ2n) is 5.09. The van der Waals surface area contributed by atoms with E-state index in [4.69, 9.17) is 14.7 Å². The van der Waals surface area contributed by atoms with Gasteiger partial charge in [-0.3, -0.25) is 4.90 Å². The molecule has 1 aliphatic rings. The zero-order valence-corrected chi connectivity index (χ0v) is 12.8. The standard InChI is InChI=1S/C16H24N2O3/c1-3-15(17-19)14-7-5-6-8-16(14)21-12-13-11-18(4-2)9-10-20-13/h5-8,13,19H,3-4,9-12H2,1-2H3. The lowest BCUT2D eigenvalue weighted by atomic mass is 10.1. The molecule has 0 radical (unpaired) electrons. The number of likely N-dealkylation sites (N-methyl/N-ethyl adjacent to an activating group) is 1. The Balaban J connectivity index is 2.00. The number of para-hydroxylation sites is 1. The lowest BCUT2D eigenvalue weighted by Crippen LogP contribution is -2.44. The normalized spacial score (nSPS) is 20.5. The summed E-state index contributed by atoms with van der Waals surface area (Å²) in [5.74, 6) is 0.740. The van der Waals surface area contributed by atoms with E-state index in [0.717, 1.165) is 37.6 Å². The first-order valence-corrected chi connectivity index (χ1v) is 7.55. The molecule has 1 N–H and O–H groups in total. The van der Waals surface area contributed by atoms with E-state index in [9.17, 15) is 0 Å². The quantitative estimate of drug-likeness (QED) is 0.497. The van der Waals surface area contributed by atoms with E-state index in [0.29, 0.717) is 18.7 Å². The fourth-order valence-corrected chi connectivity index (χ4v) is 2.50. The summed E-state index contributed by atoms with van der Waals surface area (Å²) in [6, 6.07) is 7.65. The number of oxime groups is 1. The molecular formula is C16H24N2O3. The average molecular weight is 292 g/mol. The SMILES string of the molecule is CCC(=NO)c1ccccc1OCC1CN(CC)CCO1. The van der Waals surface area contributed by atoms with Gasteiger partial charge in [0.1, 0.15) is 18.5 Å². The van der Waals surface area contributed by atoms with Crippen LogP contribution in [-0.2, 0) is 4.74 Å². The molecule has 0 bridgehead atoms. The number of hydrogen-bond donors (Lipinski definition) is 1. The maximum Gasteiger partial charge on any atom is 0.128 e. The van der Waals surface area contributed by atoms with E-state index in [-0.39, 0.29) is 6.10 Å². The van der Waals surface area contributed by atoms with Crippen LogP contribution in [0.2, 0.25) is 0 Å². The second-order valence-corrected chi connectivity index (χ2v) is 5.09. The number of nitrogens with zero attached hydrogens (tertiary/aromatic N) is 2. The molecule has 1 aliphatic heterocycles. The minimum atomic E-state index is 0.0860. The van der Waals surface area contributed by atoms with Gasteiger partial charge in [0.05, 0.1) is 12.3 Å². The van der Waals surface area contributed by atoms with E-state index in [2.05, 4.69) is 17.0 Å². The lowest BCUT2D eigenvalue weighted by molar-refractivity contribution is -0.0464. The highest BCUT2D eigenvalue weighted by Gasteiger charge is 2.20. The van der Waals surface area contributed by atoms with Crippen molar-refractivity contribution in [2.24, 2.45) is 5.16 Å². The monoisotopic (exact) mass is 292 g/mol. The molecule has 21 heavy (non-hydrogen) atoms. The molecule has 0 saturated carbocycles. The molecule has 1 atom stereocenters. The van der Waals surface area contributed by atoms with Gasteiger partial charge in [-0.2, -0.15) is 0 Å². The minimum absolute atomic E-state index is 0.0860. The molecular weight excluding hydrogens is 268 g/mol. The Labute approximate surface area is 126 Å². The Morgan fingerprint density at radius 1 is 1.43 bits per heavy atom. The Morgan fingerprint density at radius 2 is 2.24 bits per heavy atom. The van der Waals surface area contributed by atoms with E-state index < -0.39 is 0 Å². The van der Waals surface area contributed by atoms with Gasteiger partial charge in [0, 0.05) is 18.7 Å². The fraction of sp³-hybridized carbons (Fsp3) is 0.562. The summed E-state index contributed by atoms with van der Waals surface area (Å²) in [5.41, 5.74) is 1.47. The first-order valence-electron chi connectivity index (χ1n) is 7.55. The molecule has 0 amide bonds. The van der Waals surface area contributed by atoms with Gasteiger partial charge >= 0.3 is 0 Å². The molecule has 2 rings (SSSR count). The van der Waals surface area contributed by atoms with Crippen molar-refractivity contribution in [1.82, 2.24) is 4.90 Å². The molecule has 1 fully saturated rings. The highest BCUT2D eigenvalue weighted by Crippen LogP contribution is 2.21. The Bertz CT molecular complexity index is 476. The van der Waals surface area contributed by atoms with Crippen LogP contribution in [0, 0.1) is 0 Å². The number of ether oxygens (including phenoxy) is 2. The first-order chi connectivity index (χ1) is 10.3. The molecule has 1 heterocycles. The predicted octanol–water partition coefficient (Wildman–Crippen LogP) is 2.37. The highest BCUT2D eigenvalue weighted by atomic mass is 16.5. The molecule has 1 aromatic rings.